The first-order valence-electron chi connectivity index (χ1n) is 3.61. The molecule has 0 bridgehead atoms. The van der Waals surface area contributed by atoms with Gasteiger partial charge in [0.2, 0.25) is 0 Å². The van der Waals surface area contributed by atoms with Crippen LogP contribution < -0.4 is 5.32 Å². The lowest BCUT2D eigenvalue weighted by Crippen LogP contribution is -2.31. The molecule has 0 aliphatic heterocycles. The summed E-state index contributed by atoms with van der Waals surface area (Å²) >= 11 is 4.74. The molecule has 0 saturated heterocycles. The molecule has 0 radical (unpaired) electrons. The van der Waals surface area contributed by atoms with Gasteiger partial charge in [-0.15, -0.1) is 0 Å². The van der Waals surface area contributed by atoms with Gasteiger partial charge in [-0.2, -0.15) is 5.26 Å². The highest BCUT2D eigenvalue weighted by Crippen LogP contribution is 1.93. The van der Waals surface area contributed by atoms with Gasteiger partial charge >= 0.3 is 0 Å². The van der Waals surface area contributed by atoms with E-state index in [2.05, 4.69) is 15.3 Å². The van der Waals surface area contributed by atoms with Gasteiger partial charge in [-0.3, -0.25) is 4.79 Å². The van der Waals surface area contributed by atoms with E-state index in [9.17, 15) is 4.79 Å². The molecule has 1 amide bonds. The van der Waals surface area contributed by atoms with Gasteiger partial charge in [0.15, 0.2) is 4.77 Å². The predicted octanol–water partition coefficient (Wildman–Crippen LogP) is 0.714. The van der Waals surface area contributed by atoms with E-state index in [4.69, 9.17) is 17.5 Å². The fourth-order valence-corrected chi connectivity index (χ4v) is 0.930. The Morgan fingerprint density at radius 3 is 3.00 bits per heavy atom. The molecule has 1 aromatic rings. The summed E-state index contributed by atoms with van der Waals surface area (Å²) in [5, 5.41) is 10.9. The maximum atomic E-state index is 11.3. The largest absolute Gasteiger partial charge is 0.337 e. The molecule has 0 saturated carbocycles. The van der Waals surface area contributed by atoms with Crippen molar-refractivity contribution in [1.29, 1.82) is 5.26 Å². The number of nitrogens with one attached hydrogen (secondary N) is 3. The molecule has 6 heteroatoms. The van der Waals surface area contributed by atoms with Gasteiger partial charge in [0.05, 0.1) is 6.07 Å². The second-order valence-corrected chi connectivity index (χ2v) is 2.89. The Labute approximate surface area is 79.8 Å². The number of carbonyl (C=O) groups excluding carboxylic acids is 1. The van der Waals surface area contributed by atoms with Crippen molar-refractivity contribution in [2.75, 3.05) is 0 Å². The molecule has 1 atom stereocenters. The fourth-order valence-electron chi connectivity index (χ4n) is 0.761. The average molecular weight is 196 g/mol. The number of imidazole rings is 1. The van der Waals surface area contributed by atoms with Crippen LogP contribution in [0.25, 0.3) is 0 Å². The topological polar surface area (TPSA) is 84.5 Å². The van der Waals surface area contributed by atoms with Crippen LogP contribution in [0.3, 0.4) is 0 Å². The molecule has 13 heavy (non-hydrogen) atoms. The SMILES string of the molecule is C[C@@H](C#N)NC(=O)c1c[nH]c(=S)[nH]1. The Morgan fingerprint density at radius 1 is 1.85 bits per heavy atom. The highest BCUT2D eigenvalue weighted by molar-refractivity contribution is 7.71. The molecular weight excluding hydrogens is 188 g/mol. The van der Waals surface area contributed by atoms with Crippen LogP contribution in [-0.4, -0.2) is 21.9 Å². The zero-order valence-corrected chi connectivity index (χ0v) is 7.73. The molecule has 1 heterocycles. The van der Waals surface area contributed by atoms with E-state index in [1.54, 1.807) is 6.92 Å². The van der Waals surface area contributed by atoms with Crippen LogP contribution in [0, 0.1) is 16.1 Å². The fraction of sp³-hybridized carbons (Fsp3) is 0.286. The molecule has 68 valence electrons. The number of aromatic nitrogens is 2. The van der Waals surface area contributed by atoms with Crippen molar-refractivity contribution in [3.05, 3.63) is 16.7 Å². The minimum Gasteiger partial charge on any atom is -0.337 e. The van der Waals surface area contributed by atoms with Crippen molar-refractivity contribution < 1.29 is 4.79 Å². The van der Waals surface area contributed by atoms with Gasteiger partial charge in [0, 0.05) is 6.20 Å². The van der Waals surface area contributed by atoms with Crippen LogP contribution in [0.2, 0.25) is 0 Å². The summed E-state index contributed by atoms with van der Waals surface area (Å²) < 4.78 is 0.384. The smallest absolute Gasteiger partial charge is 0.270 e. The van der Waals surface area contributed by atoms with E-state index in [0.717, 1.165) is 0 Å². The van der Waals surface area contributed by atoms with Crippen molar-refractivity contribution in [3.8, 4) is 6.07 Å². The monoisotopic (exact) mass is 196 g/mol. The first-order chi connectivity index (χ1) is 6.13. The van der Waals surface area contributed by atoms with Gasteiger partial charge < -0.3 is 15.3 Å². The number of nitrogens with zero attached hydrogens (tertiary/aromatic N) is 1. The molecule has 0 aliphatic rings. The number of hydrogen-bond acceptors (Lipinski definition) is 3. The summed E-state index contributed by atoms with van der Waals surface area (Å²) in [6.07, 6.45) is 1.46. The Balaban J connectivity index is 2.71. The van der Waals surface area contributed by atoms with Crippen LogP contribution in [0.4, 0.5) is 0 Å². The van der Waals surface area contributed by atoms with Gasteiger partial charge in [0.25, 0.3) is 5.91 Å². The van der Waals surface area contributed by atoms with Crippen LogP contribution in [0.1, 0.15) is 17.4 Å². The minimum absolute atomic E-state index is 0.326. The molecule has 0 spiro atoms. The molecule has 0 fully saturated rings. The normalized spacial score (nSPS) is 11.7. The Bertz CT molecular complexity index is 399. The van der Waals surface area contributed by atoms with Gasteiger partial charge in [0.1, 0.15) is 11.7 Å². The lowest BCUT2D eigenvalue weighted by atomic mass is 10.3. The lowest BCUT2D eigenvalue weighted by Gasteiger charge is -2.02. The quantitative estimate of drug-likeness (QED) is 0.609. The molecule has 0 aliphatic carbocycles. The number of amides is 1. The number of nitriles is 1. The van der Waals surface area contributed by atoms with Crippen molar-refractivity contribution >= 4 is 18.1 Å². The van der Waals surface area contributed by atoms with E-state index in [1.165, 1.54) is 6.20 Å². The summed E-state index contributed by atoms with van der Waals surface area (Å²) in [6, 6.07) is 1.38. The standard InChI is InChI=1S/C7H8N4OS/c1-4(2-8)10-6(12)5-3-9-7(13)11-5/h3-4H,1H3,(H,10,12)(H2,9,11,13)/t4-/m0/s1. The summed E-state index contributed by atoms with van der Waals surface area (Å²) in [5.41, 5.74) is 0.326. The lowest BCUT2D eigenvalue weighted by molar-refractivity contribution is 0.0943. The zero-order chi connectivity index (χ0) is 9.84. The van der Waals surface area contributed by atoms with Crippen LogP contribution in [0.5, 0.6) is 0 Å². The van der Waals surface area contributed by atoms with Crippen LogP contribution in [-0.2, 0) is 0 Å². The second-order valence-electron chi connectivity index (χ2n) is 2.48. The first kappa shape index (κ1) is 9.48. The number of hydrogen-bond donors (Lipinski definition) is 3. The van der Waals surface area contributed by atoms with Crippen molar-refractivity contribution in [1.82, 2.24) is 15.3 Å². The predicted molar refractivity (Wildman–Crippen MR) is 48.5 cm³/mol. The van der Waals surface area contributed by atoms with Gasteiger partial charge in [-0.25, -0.2) is 0 Å². The number of rotatable bonds is 2. The van der Waals surface area contributed by atoms with Crippen LogP contribution in [0.15, 0.2) is 6.20 Å². The molecule has 0 unspecified atom stereocenters. The van der Waals surface area contributed by atoms with Crippen LogP contribution >= 0.6 is 12.2 Å². The molecular formula is C7H8N4OS. The third kappa shape index (κ3) is 2.42. The average Bonchev–Trinajstić information content (AvgIpc) is 2.51. The molecule has 3 N–H and O–H groups in total. The molecule has 5 nitrogen and oxygen atoms in total. The highest BCUT2D eigenvalue weighted by atomic mass is 32.1. The third-order valence-corrected chi connectivity index (χ3v) is 1.60. The van der Waals surface area contributed by atoms with Gasteiger partial charge in [-0.1, -0.05) is 0 Å². The van der Waals surface area contributed by atoms with Gasteiger partial charge in [-0.05, 0) is 19.1 Å². The summed E-state index contributed by atoms with van der Waals surface area (Å²) in [5.74, 6) is -0.346. The van der Waals surface area contributed by atoms with Crippen molar-refractivity contribution in [2.45, 2.75) is 13.0 Å². The summed E-state index contributed by atoms with van der Waals surface area (Å²) in [4.78, 5) is 16.6. The number of aromatic amines is 2. The van der Waals surface area contributed by atoms with Crippen molar-refractivity contribution in [3.63, 3.8) is 0 Å². The van der Waals surface area contributed by atoms with E-state index in [-0.39, 0.29) is 5.91 Å². The highest BCUT2D eigenvalue weighted by Gasteiger charge is 2.09. The maximum Gasteiger partial charge on any atom is 0.270 e. The second kappa shape index (κ2) is 3.87. The van der Waals surface area contributed by atoms with Crippen molar-refractivity contribution in [2.24, 2.45) is 0 Å². The molecule has 1 aromatic heterocycles. The number of H-pyrrole nitrogens is 2. The number of carbonyl (C=O) groups is 1. The maximum absolute atomic E-state index is 11.3. The third-order valence-electron chi connectivity index (χ3n) is 1.38. The van der Waals surface area contributed by atoms with E-state index in [0.29, 0.717) is 10.5 Å². The first-order valence-corrected chi connectivity index (χ1v) is 4.02. The summed E-state index contributed by atoms with van der Waals surface area (Å²) in [6.45, 7) is 1.60. The van der Waals surface area contributed by atoms with E-state index in [1.807, 2.05) is 6.07 Å². The van der Waals surface area contributed by atoms with E-state index >= 15 is 0 Å². The minimum atomic E-state index is -0.510. The zero-order valence-electron chi connectivity index (χ0n) is 6.92. The molecule has 1 rings (SSSR count). The van der Waals surface area contributed by atoms with E-state index < -0.39 is 6.04 Å². The summed E-state index contributed by atoms with van der Waals surface area (Å²) in [7, 11) is 0. The Morgan fingerprint density at radius 2 is 2.54 bits per heavy atom. The molecule has 0 aromatic carbocycles. The Hall–Kier alpha value is -1.61. The Kier molecular flexibility index (Phi) is 2.82.